The molecule has 5 nitrogen and oxygen atoms in total. The van der Waals surface area contributed by atoms with E-state index in [9.17, 15) is 9.90 Å². The number of aromatic hydroxyl groups is 1. The molecule has 2 heterocycles. The highest BCUT2D eigenvalue weighted by Gasteiger charge is 2.15. The van der Waals surface area contributed by atoms with Crippen molar-refractivity contribution >= 4 is 51.5 Å². The van der Waals surface area contributed by atoms with Crippen LogP contribution in [0.5, 0.6) is 5.75 Å². The summed E-state index contributed by atoms with van der Waals surface area (Å²) in [5, 5.41) is 13.2. The number of hydrogen-bond acceptors (Lipinski definition) is 4. The van der Waals surface area contributed by atoms with Crippen LogP contribution in [0.25, 0.3) is 11.0 Å². The molecular formula is C14H11Cl2N3O2S. The third kappa shape index (κ3) is 2.65. The molecule has 0 radical (unpaired) electrons. The number of fused-ring (bicyclic) bond motifs is 1. The lowest BCUT2D eigenvalue weighted by atomic mass is 10.1. The number of nitrogens with one attached hydrogen (secondary N) is 1. The zero-order chi connectivity index (χ0) is 15.9. The number of carbonyl (C=O) groups excluding carboxylic acids is 1. The van der Waals surface area contributed by atoms with Crippen molar-refractivity contribution in [2.24, 2.45) is 7.05 Å². The van der Waals surface area contributed by atoms with E-state index in [4.69, 9.17) is 23.2 Å². The lowest BCUT2D eigenvalue weighted by Gasteiger charge is -2.09. The van der Waals surface area contributed by atoms with Crippen molar-refractivity contribution in [2.45, 2.75) is 6.54 Å². The molecule has 0 atom stereocenters. The molecular weight excluding hydrogens is 345 g/mol. The summed E-state index contributed by atoms with van der Waals surface area (Å²) in [6.45, 7) is 0.175. The minimum absolute atomic E-state index is 0.110. The lowest BCUT2D eigenvalue weighted by molar-refractivity contribution is 0.0955. The molecule has 0 fully saturated rings. The van der Waals surface area contributed by atoms with Gasteiger partial charge in [0, 0.05) is 19.2 Å². The molecule has 0 aliphatic rings. The van der Waals surface area contributed by atoms with Gasteiger partial charge in [-0.15, -0.1) is 11.3 Å². The minimum atomic E-state index is -0.294. The summed E-state index contributed by atoms with van der Waals surface area (Å²) in [5.74, 6) is -0.184. The van der Waals surface area contributed by atoms with Crippen LogP contribution in [0, 0.1) is 0 Å². The van der Waals surface area contributed by atoms with E-state index in [1.165, 1.54) is 6.07 Å². The average Bonchev–Trinajstić information content (AvgIpc) is 3.02. The number of carbonyl (C=O) groups is 1. The molecule has 2 aromatic heterocycles. The van der Waals surface area contributed by atoms with Crippen molar-refractivity contribution in [1.82, 2.24) is 14.9 Å². The van der Waals surface area contributed by atoms with Gasteiger partial charge in [0.15, 0.2) is 0 Å². The predicted molar refractivity (Wildman–Crippen MR) is 87.9 cm³/mol. The summed E-state index contributed by atoms with van der Waals surface area (Å²) in [6.07, 6.45) is 1.66. The smallest absolute Gasteiger partial charge is 0.261 e. The van der Waals surface area contributed by atoms with Gasteiger partial charge in [0.2, 0.25) is 0 Å². The second kappa shape index (κ2) is 5.79. The normalized spacial score (nSPS) is 11.0. The van der Waals surface area contributed by atoms with Crippen molar-refractivity contribution in [2.75, 3.05) is 0 Å². The zero-order valence-corrected chi connectivity index (χ0v) is 13.8. The molecule has 0 saturated carbocycles. The van der Waals surface area contributed by atoms with Crippen molar-refractivity contribution in [3.05, 3.63) is 44.3 Å². The van der Waals surface area contributed by atoms with Gasteiger partial charge in [-0.1, -0.05) is 23.2 Å². The second-order valence-electron chi connectivity index (χ2n) is 4.70. The summed E-state index contributed by atoms with van der Waals surface area (Å²) in [7, 11) is 1.83. The standard InChI is InChI=1S/C14H11Cl2N3O2S/c1-19-6-18-9-2-3-10(20)7(12(9)19)5-17-14(21)11-4-8(15)13(16)22-11/h2-4,6,20H,5H2,1H3,(H,17,21). The van der Waals surface area contributed by atoms with E-state index in [0.717, 1.165) is 22.4 Å². The van der Waals surface area contributed by atoms with Gasteiger partial charge in [-0.2, -0.15) is 0 Å². The number of imidazole rings is 1. The van der Waals surface area contributed by atoms with Crippen LogP contribution in [0.2, 0.25) is 9.36 Å². The van der Waals surface area contributed by atoms with Crippen LogP contribution >= 0.6 is 34.5 Å². The van der Waals surface area contributed by atoms with Crippen molar-refractivity contribution < 1.29 is 9.90 Å². The largest absolute Gasteiger partial charge is 0.508 e. The molecule has 0 aliphatic carbocycles. The molecule has 0 saturated heterocycles. The molecule has 1 amide bonds. The first-order valence-corrected chi connectivity index (χ1v) is 7.89. The predicted octanol–water partition coefficient (Wildman–Crippen LogP) is 3.58. The number of benzene rings is 1. The maximum absolute atomic E-state index is 12.1. The van der Waals surface area contributed by atoms with Crippen molar-refractivity contribution in [1.29, 1.82) is 0 Å². The zero-order valence-electron chi connectivity index (χ0n) is 11.4. The summed E-state index contributed by atoms with van der Waals surface area (Å²) < 4.78 is 2.18. The van der Waals surface area contributed by atoms with Gasteiger partial charge in [-0.05, 0) is 18.2 Å². The van der Waals surface area contributed by atoms with Gasteiger partial charge in [-0.25, -0.2) is 4.98 Å². The highest BCUT2D eigenvalue weighted by atomic mass is 35.5. The fraction of sp³-hybridized carbons (Fsp3) is 0.143. The maximum atomic E-state index is 12.1. The molecule has 1 aromatic carbocycles. The summed E-state index contributed by atoms with van der Waals surface area (Å²) in [4.78, 5) is 16.8. The first-order valence-electron chi connectivity index (χ1n) is 6.32. The Hall–Kier alpha value is -1.76. The molecule has 0 unspecified atom stereocenters. The molecule has 3 rings (SSSR count). The fourth-order valence-electron chi connectivity index (χ4n) is 2.21. The third-order valence-corrected chi connectivity index (χ3v) is 5.12. The van der Waals surface area contributed by atoms with Crippen LogP contribution in [0.3, 0.4) is 0 Å². The highest BCUT2D eigenvalue weighted by Crippen LogP contribution is 2.32. The monoisotopic (exact) mass is 355 g/mol. The van der Waals surface area contributed by atoms with Gasteiger partial charge in [0.25, 0.3) is 5.91 Å². The van der Waals surface area contributed by atoms with Gasteiger partial charge < -0.3 is 15.0 Å². The Balaban J connectivity index is 1.86. The molecule has 0 aliphatic heterocycles. The van der Waals surface area contributed by atoms with E-state index in [0.29, 0.717) is 19.8 Å². The highest BCUT2D eigenvalue weighted by molar-refractivity contribution is 7.18. The Bertz CT molecular complexity index is 853. The molecule has 22 heavy (non-hydrogen) atoms. The Morgan fingerprint density at radius 3 is 2.91 bits per heavy atom. The van der Waals surface area contributed by atoms with E-state index >= 15 is 0 Å². The maximum Gasteiger partial charge on any atom is 0.261 e. The van der Waals surface area contributed by atoms with Crippen LogP contribution in [0.1, 0.15) is 15.2 Å². The van der Waals surface area contributed by atoms with E-state index in [1.807, 2.05) is 7.05 Å². The number of halogens is 2. The fourth-order valence-corrected chi connectivity index (χ4v) is 3.49. The molecule has 2 N–H and O–H groups in total. The number of hydrogen-bond donors (Lipinski definition) is 2. The number of phenols is 1. The molecule has 0 spiro atoms. The number of amides is 1. The number of rotatable bonds is 3. The molecule has 0 bridgehead atoms. The second-order valence-corrected chi connectivity index (χ2v) is 6.76. The van der Waals surface area contributed by atoms with Crippen LogP contribution in [0.15, 0.2) is 24.5 Å². The SMILES string of the molecule is Cn1cnc2ccc(O)c(CNC(=O)c3cc(Cl)c(Cl)s3)c21. The summed E-state index contributed by atoms with van der Waals surface area (Å²) in [6, 6.07) is 4.82. The van der Waals surface area contributed by atoms with Crippen LogP contribution in [-0.2, 0) is 13.6 Å². The van der Waals surface area contributed by atoms with E-state index in [-0.39, 0.29) is 18.2 Å². The lowest BCUT2D eigenvalue weighted by Crippen LogP contribution is -2.22. The molecule has 114 valence electrons. The topological polar surface area (TPSA) is 67.2 Å². The quantitative estimate of drug-likeness (QED) is 0.754. The number of phenolic OH excluding ortho intramolecular Hbond substituents is 1. The van der Waals surface area contributed by atoms with E-state index < -0.39 is 0 Å². The number of aryl methyl sites for hydroxylation is 1. The first-order chi connectivity index (χ1) is 10.5. The molecule has 8 heteroatoms. The first kappa shape index (κ1) is 15.1. The third-order valence-electron chi connectivity index (χ3n) is 3.25. The van der Waals surface area contributed by atoms with Gasteiger partial charge in [0.1, 0.15) is 10.1 Å². The summed E-state index contributed by atoms with van der Waals surface area (Å²) in [5.41, 5.74) is 2.15. The van der Waals surface area contributed by atoms with Crippen molar-refractivity contribution in [3.63, 3.8) is 0 Å². The van der Waals surface area contributed by atoms with E-state index in [2.05, 4.69) is 10.3 Å². The van der Waals surface area contributed by atoms with Gasteiger partial charge >= 0.3 is 0 Å². The Morgan fingerprint density at radius 2 is 2.23 bits per heavy atom. The summed E-state index contributed by atoms with van der Waals surface area (Å²) >= 11 is 12.8. The minimum Gasteiger partial charge on any atom is -0.508 e. The number of aromatic nitrogens is 2. The molecule has 3 aromatic rings. The number of thiophene rings is 1. The van der Waals surface area contributed by atoms with Crippen LogP contribution < -0.4 is 5.32 Å². The van der Waals surface area contributed by atoms with E-state index in [1.54, 1.807) is 23.0 Å². The Labute approximate surface area is 140 Å². The average molecular weight is 356 g/mol. The van der Waals surface area contributed by atoms with Crippen LogP contribution in [-0.4, -0.2) is 20.6 Å². The van der Waals surface area contributed by atoms with Crippen molar-refractivity contribution in [3.8, 4) is 5.75 Å². The number of nitrogens with zero attached hydrogens (tertiary/aromatic N) is 2. The Morgan fingerprint density at radius 1 is 1.45 bits per heavy atom. The Kier molecular flexibility index (Phi) is 3.99. The van der Waals surface area contributed by atoms with Gasteiger partial charge in [0.05, 0.1) is 27.3 Å². The van der Waals surface area contributed by atoms with Gasteiger partial charge in [-0.3, -0.25) is 4.79 Å². The van der Waals surface area contributed by atoms with Crippen LogP contribution in [0.4, 0.5) is 0 Å².